The summed E-state index contributed by atoms with van der Waals surface area (Å²) in [5.41, 5.74) is 2.44. The van der Waals surface area contributed by atoms with Crippen molar-refractivity contribution in [1.29, 1.82) is 0 Å². The Morgan fingerprint density at radius 3 is 2.34 bits per heavy atom. The lowest BCUT2D eigenvalue weighted by Crippen LogP contribution is -2.18. The zero-order valence-corrected chi connectivity index (χ0v) is 18.2. The number of carbonyl (C=O) groups excluding carboxylic acids is 2. The molecule has 10 heteroatoms. The normalized spacial score (nSPS) is 11.4. The van der Waals surface area contributed by atoms with Crippen molar-refractivity contribution in [2.45, 2.75) is 11.8 Å². The fraction of sp³-hybridized carbons (Fsp3) is 0.211. The standard InChI is InChI=1S/C19H19N3O4S3/c1-12-3-5-13(6-4-12)20-17(23)10-27-11-18(24)22-19-21-15-8-7-14(29(2,25)26)9-16(15)28-19/h3-9H,10-11H2,1-2H3,(H,20,23)(H,21,22,24). The van der Waals surface area contributed by atoms with Crippen LogP contribution in [0.5, 0.6) is 0 Å². The van der Waals surface area contributed by atoms with E-state index in [-0.39, 0.29) is 28.2 Å². The number of anilines is 2. The Morgan fingerprint density at radius 1 is 1.03 bits per heavy atom. The molecule has 1 aromatic heterocycles. The van der Waals surface area contributed by atoms with E-state index in [0.717, 1.165) is 11.8 Å². The first-order valence-corrected chi connectivity index (χ1v) is 12.4. The summed E-state index contributed by atoms with van der Waals surface area (Å²) in [6.07, 6.45) is 1.14. The summed E-state index contributed by atoms with van der Waals surface area (Å²) >= 11 is 2.40. The van der Waals surface area contributed by atoms with Gasteiger partial charge in [-0.15, -0.1) is 11.8 Å². The molecule has 0 unspecified atom stereocenters. The highest BCUT2D eigenvalue weighted by Crippen LogP contribution is 2.28. The molecular weight excluding hydrogens is 430 g/mol. The second kappa shape index (κ2) is 8.93. The van der Waals surface area contributed by atoms with Gasteiger partial charge in [-0.25, -0.2) is 13.4 Å². The van der Waals surface area contributed by atoms with Gasteiger partial charge >= 0.3 is 0 Å². The zero-order valence-electron chi connectivity index (χ0n) is 15.8. The lowest BCUT2D eigenvalue weighted by Gasteiger charge is -2.05. The monoisotopic (exact) mass is 449 g/mol. The van der Waals surface area contributed by atoms with E-state index < -0.39 is 9.84 Å². The number of aryl methyl sites for hydroxylation is 1. The van der Waals surface area contributed by atoms with E-state index in [1.807, 2.05) is 31.2 Å². The molecule has 0 atom stereocenters. The first-order chi connectivity index (χ1) is 13.7. The molecule has 0 aliphatic carbocycles. The summed E-state index contributed by atoms with van der Waals surface area (Å²) < 4.78 is 24.0. The minimum Gasteiger partial charge on any atom is -0.325 e. The molecule has 0 aliphatic rings. The van der Waals surface area contributed by atoms with Gasteiger partial charge in [-0.05, 0) is 37.3 Å². The van der Waals surface area contributed by atoms with Gasteiger partial charge in [0.25, 0.3) is 0 Å². The first-order valence-electron chi connectivity index (χ1n) is 8.55. The number of thioether (sulfide) groups is 1. The molecule has 2 aromatic carbocycles. The van der Waals surface area contributed by atoms with Crippen molar-refractivity contribution in [2.24, 2.45) is 0 Å². The van der Waals surface area contributed by atoms with Crippen molar-refractivity contribution in [2.75, 3.05) is 28.4 Å². The van der Waals surface area contributed by atoms with Gasteiger partial charge in [0.05, 0.1) is 26.6 Å². The minimum atomic E-state index is -3.30. The average Bonchev–Trinajstić information content (AvgIpc) is 3.04. The van der Waals surface area contributed by atoms with Crippen LogP contribution in [0.4, 0.5) is 10.8 Å². The molecule has 0 radical (unpaired) electrons. The van der Waals surface area contributed by atoms with Crippen LogP contribution in [0.25, 0.3) is 10.2 Å². The topological polar surface area (TPSA) is 105 Å². The maximum atomic E-state index is 12.1. The Hall–Kier alpha value is -2.43. The lowest BCUT2D eigenvalue weighted by molar-refractivity contribution is -0.114. The summed E-state index contributed by atoms with van der Waals surface area (Å²) in [6, 6.07) is 12.1. The van der Waals surface area contributed by atoms with Crippen LogP contribution >= 0.6 is 23.1 Å². The first kappa shape index (κ1) is 21.3. The van der Waals surface area contributed by atoms with Gasteiger partial charge in [0.15, 0.2) is 15.0 Å². The number of carbonyl (C=O) groups is 2. The van der Waals surface area contributed by atoms with Crippen LogP contribution in [-0.4, -0.2) is 43.0 Å². The molecule has 0 bridgehead atoms. The van der Waals surface area contributed by atoms with Gasteiger partial charge < -0.3 is 10.6 Å². The fourth-order valence-corrected chi connectivity index (χ4v) is 4.68. The smallest absolute Gasteiger partial charge is 0.236 e. The zero-order chi connectivity index (χ0) is 21.0. The maximum absolute atomic E-state index is 12.1. The van der Waals surface area contributed by atoms with Crippen LogP contribution in [-0.2, 0) is 19.4 Å². The third kappa shape index (κ3) is 6.02. The number of thiazole rings is 1. The van der Waals surface area contributed by atoms with Crippen LogP contribution in [0.2, 0.25) is 0 Å². The number of rotatable bonds is 7. The van der Waals surface area contributed by atoms with Crippen LogP contribution in [0, 0.1) is 6.92 Å². The Kier molecular flexibility index (Phi) is 6.56. The molecule has 29 heavy (non-hydrogen) atoms. The van der Waals surface area contributed by atoms with Crippen LogP contribution in [0.1, 0.15) is 5.56 Å². The molecule has 1 heterocycles. The van der Waals surface area contributed by atoms with E-state index in [9.17, 15) is 18.0 Å². The van der Waals surface area contributed by atoms with Crippen LogP contribution in [0.3, 0.4) is 0 Å². The van der Waals surface area contributed by atoms with Crippen molar-refractivity contribution < 1.29 is 18.0 Å². The van der Waals surface area contributed by atoms with Crippen molar-refractivity contribution in [3.63, 3.8) is 0 Å². The molecule has 0 saturated heterocycles. The molecular formula is C19H19N3O4S3. The van der Waals surface area contributed by atoms with Gasteiger partial charge in [-0.2, -0.15) is 0 Å². The number of sulfone groups is 1. The van der Waals surface area contributed by atoms with Crippen LogP contribution < -0.4 is 10.6 Å². The predicted octanol–water partition coefficient (Wildman–Crippen LogP) is 3.32. The van der Waals surface area contributed by atoms with Crippen molar-refractivity contribution in [3.8, 4) is 0 Å². The number of nitrogens with one attached hydrogen (secondary N) is 2. The molecule has 7 nitrogen and oxygen atoms in total. The van der Waals surface area contributed by atoms with E-state index >= 15 is 0 Å². The number of benzene rings is 2. The van der Waals surface area contributed by atoms with E-state index in [2.05, 4.69) is 15.6 Å². The summed E-state index contributed by atoms with van der Waals surface area (Å²) in [5.74, 6) is -0.203. The fourth-order valence-electron chi connectivity index (χ4n) is 2.41. The summed E-state index contributed by atoms with van der Waals surface area (Å²) in [6.45, 7) is 1.97. The maximum Gasteiger partial charge on any atom is 0.236 e. The SMILES string of the molecule is Cc1ccc(NC(=O)CSCC(=O)Nc2nc3ccc(S(C)(=O)=O)cc3s2)cc1. The molecule has 0 saturated carbocycles. The molecule has 0 fully saturated rings. The Labute approximate surface area is 176 Å². The summed E-state index contributed by atoms with van der Waals surface area (Å²) in [7, 11) is -3.30. The van der Waals surface area contributed by atoms with Gasteiger partial charge in [0.1, 0.15) is 0 Å². The van der Waals surface area contributed by atoms with E-state index in [1.54, 1.807) is 12.1 Å². The quantitative estimate of drug-likeness (QED) is 0.573. The molecule has 3 rings (SSSR count). The minimum absolute atomic E-state index is 0.103. The second-order valence-electron chi connectivity index (χ2n) is 6.38. The second-order valence-corrected chi connectivity index (χ2v) is 10.4. The number of aromatic nitrogens is 1. The summed E-state index contributed by atoms with van der Waals surface area (Å²) in [4.78, 5) is 28.5. The predicted molar refractivity (Wildman–Crippen MR) is 118 cm³/mol. The number of hydrogen-bond donors (Lipinski definition) is 2. The van der Waals surface area contributed by atoms with Crippen molar-refractivity contribution >= 4 is 65.8 Å². The molecule has 2 N–H and O–H groups in total. The van der Waals surface area contributed by atoms with Gasteiger partial charge in [0.2, 0.25) is 11.8 Å². The number of nitrogens with zero attached hydrogens (tertiary/aromatic N) is 1. The highest BCUT2D eigenvalue weighted by Gasteiger charge is 2.13. The third-order valence-corrected chi connectivity index (χ3v) is 6.81. The molecule has 3 aromatic rings. The molecule has 0 aliphatic heterocycles. The number of hydrogen-bond acceptors (Lipinski definition) is 7. The van der Waals surface area contributed by atoms with Gasteiger partial charge in [0, 0.05) is 11.9 Å². The number of fused-ring (bicyclic) bond motifs is 1. The number of amides is 2. The van der Waals surface area contributed by atoms with Crippen molar-refractivity contribution in [3.05, 3.63) is 48.0 Å². The largest absolute Gasteiger partial charge is 0.325 e. The Balaban J connectivity index is 1.50. The van der Waals surface area contributed by atoms with E-state index in [4.69, 9.17) is 0 Å². The summed E-state index contributed by atoms with van der Waals surface area (Å²) in [5, 5.41) is 5.85. The highest BCUT2D eigenvalue weighted by atomic mass is 32.2. The van der Waals surface area contributed by atoms with E-state index in [0.29, 0.717) is 21.0 Å². The molecule has 0 spiro atoms. The van der Waals surface area contributed by atoms with Crippen LogP contribution in [0.15, 0.2) is 47.4 Å². The molecule has 2 amide bonds. The Morgan fingerprint density at radius 2 is 1.69 bits per heavy atom. The molecule has 152 valence electrons. The van der Waals surface area contributed by atoms with E-state index in [1.165, 1.54) is 29.2 Å². The van der Waals surface area contributed by atoms with Crippen molar-refractivity contribution in [1.82, 2.24) is 4.98 Å². The average molecular weight is 450 g/mol. The van der Waals surface area contributed by atoms with Gasteiger partial charge in [-0.3, -0.25) is 9.59 Å². The Bertz CT molecular complexity index is 1160. The van der Waals surface area contributed by atoms with Gasteiger partial charge in [-0.1, -0.05) is 29.0 Å². The lowest BCUT2D eigenvalue weighted by atomic mass is 10.2. The highest BCUT2D eigenvalue weighted by molar-refractivity contribution is 8.00. The third-order valence-electron chi connectivity index (χ3n) is 3.84.